The van der Waals surface area contributed by atoms with Crippen LogP contribution in [0.5, 0.6) is 0 Å². The third-order valence-corrected chi connectivity index (χ3v) is 4.73. The molecule has 0 saturated carbocycles. The van der Waals surface area contributed by atoms with Gasteiger partial charge in [-0.25, -0.2) is 8.42 Å². The number of benzene rings is 1. The number of anilines is 1. The molecule has 0 heterocycles. The quantitative estimate of drug-likeness (QED) is 0.553. The summed E-state index contributed by atoms with van der Waals surface area (Å²) in [5.74, 6) is -0.472. The van der Waals surface area contributed by atoms with E-state index in [1.165, 1.54) is 30.7 Å². The summed E-state index contributed by atoms with van der Waals surface area (Å²) in [4.78, 5) is 11.3. The normalized spacial score (nSPS) is 11.6. The third-order valence-electron chi connectivity index (χ3n) is 2.83. The number of carbonyl (C=O) groups excluding carboxylic acids is 1. The molecular formula is C13H20N2O5S. The van der Waals surface area contributed by atoms with E-state index < -0.39 is 16.0 Å². The van der Waals surface area contributed by atoms with Gasteiger partial charge in [0, 0.05) is 25.9 Å². The summed E-state index contributed by atoms with van der Waals surface area (Å²) >= 11 is 0. The summed E-state index contributed by atoms with van der Waals surface area (Å²) in [6.07, 6.45) is -0.0260. The minimum Gasteiger partial charge on any atom is -0.469 e. The highest BCUT2D eigenvalue weighted by molar-refractivity contribution is 7.89. The fourth-order valence-corrected chi connectivity index (χ4v) is 3.17. The second-order valence-corrected chi connectivity index (χ2v) is 6.23. The molecule has 0 spiro atoms. The number of hydrogen-bond donors (Lipinski definition) is 1. The second-order valence-electron chi connectivity index (χ2n) is 4.30. The molecule has 8 heteroatoms. The van der Waals surface area contributed by atoms with Gasteiger partial charge < -0.3 is 15.2 Å². The molecule has 0 radical (unpaired) electrons. The first-order valence-corrected chi connectivity index (χ1v) is 7.77. The fourth-order valence-electron chi connectivity index (χ4n) is 1.69. The molecule has 0 amide bonds. The molecule has 0 aliphatic carbocycles. The predicted molar refractivity (Wildman–Crippen MR) is 78.1 cm³/mol. The Bertz CT molecular complexity index is 574. The van der Waals surface area contributed by atoms with Crippen LogP contribution in [0.1, 0.15) is 6.42 Å². The average Bonchev–Trinajstić information content (AvgIpc) is 2.46. The van der Waals surface area contributed by atoms with Crippen molar-refractivity contribution in [1.82, 2.24) is 4.31 Å². The van der Waals surface area contributed by atoms with Crippen molar-refractivity contribution in [3.8, 4) is 0 Å². The van der Waals surface area contributed by atoms with Crippen LogP contribution < -0.4 is 5.73 Å². The number of carbonyl (C=O) groups is 1. The number of ether oxygens (including phenoxy) is 2. The van der Waals surface area contributed by atoms with E-state index in [4.69, 9.17) is 10.5 Å². The maximum absolute atomic E-state index is 12.6. The monoisotopic (exact) mass is 316 g/mol. The fraction of sp³-hybridized carbons (Fsp3) is 0.462. The van der Waals surface area contributed by atoms with Gasteiger partial charge in [0.2, 0.25) is 10.0 Å². The molecule has 0 atom stereocenters. The molecule has 2 N–H and O–H groups in total. The van der Waals surface area contributed by atoms with Gasteiger partial charge in [-0.2, -0.15) is 4.31 Å². The molecule has 1 aromatic carbocycles. The van der Waals surface area contributed by atoms with E-state index in [-0.39, 0.29) is 31.0 Å². The molecular weight excluding hydrogens is 296 g/mol. The number of methoxy groups -OCH3 is 2. The van der Waals surface area contributed by atoms with Crippen molar-refractivity contribution in [3.05, 3.63) is 24.3 Å². The van der Waals surface area contributed by atoms with Crippen LogP contribution in [-0.4, -0.2) is 52.6 Å². The number of esters is 1. The Labute approximate surface area is 124 Å². The zero-order chi connectivity index (χ0) is 15.9. The van der Waals surface area contributed by atoms with Crippen LogP contribution in [0, 0.1) is 0 Å². The lowest BCUT2D eigenvalue weighted by atomic mass is 10.3. The van der Waals surface area contributed by atoms with Gasteiger partial charge in [0.05, 0.1) is 25.0 Å². The molecule has 0 aliphatic heterocycles. The minimum absolute atomic E-state index is 0.0210. The Hall–Kier alpha value is -1.64. The Morgan fingerprint density at radius 2 is 2.00 bits per heavy atom. The lowest BCUT2D eigenvalue weighted by Crippen LogP contribution is -2.35. The van der Waals surface area contributed by atoms with Crippen LogP contribution in [0.25, 0.3) is 0 Å². The number of sulfonamides is 1. The molecule has 0 bridgehead atoms. The SMILES string of the molecule is COCCN(CCC(=O)OC)S(=O)(=O)c1cccc(N)c1. The topological polar surface area (TPSA) is 98.9 Å². The Morgan fingerprint density at radius 1 is 1.29 bits per heavy atom. The standard InChI is InChI=1S/C13H20N2O5S/c1-19-9-8-15(7-6-13(16)20-2)21(17,18)12-5-3-4-11(14)10-12/h3-5,10H,6-9,14H2,1-2H3. The number of rotatable bonds is 8. The van der Waals surface area contributed by atoms with Gasteiger partial charge in [0.15, 0.2) is 0 Å². The van der Waals surface area contributed by atoms with Crippen LogP contribution in [-0.2, 0) is 24.3 Å². The third kappa shape index (κ3) is 5.00. The van der Waals surface area contributed by atoms with Crippen molar-refractivity contribution in [3.63, 3.8) is 0 Å². The van der Waals surface area contributed by atoms with Crippen molar-refractivity contribution >= 4 is 21.7 Å². The Kier molecular flexibility index (Phi) is 6.60. The van der Waals surface area contributed by atoms with Gasteiger partial charge in [0.1, 0.15) is 0 Å². The summed E-state index contributed by atoms with van der Waals surface area (Å²) in [5, 5.41) is 0. The van der Waals surface area contributed by atoms with E-state index >= 15 is 0 Å². The molecule has 0 aliphatic rings. The zero-order valence-electron chi connectivity index (χ0n) is 12.1. The highest BCUT2D eigenvalue weighted by atomic mass is 32.2. The minimum atomic E-state index is -3.73. The van der Waals surface area contributed by atoms with Crippen LogP contribution in [0.2, 0.25) is 0 Å². The van der Waals surface area contributed by atoms with Gasteiger partial charge in [-0.05, 0) is 18.2 Å². The second kappa shape index (κ2) is 7.96. The molecule has 21 heavy (non-hydrogen) atoms. The number of hydrogen-bond acceptors (Lipinski definition) is 6. The predicted octanol–water partition coefficient (Wildman–Crippen LogP) is 0.469. The molecule has 1 aromatic rings. The van der Waals surface area contributed by atoms with E-state index in [0.29, 0.717) is 5.69 Å². The van der Waals surface area contributed by atoms with Gasteiger partial charge in [-0.3, -0.25) is 4.79 Å². The van der Waals surface area contributed by atoms with E-state index in [1.807, 2.05) is 0 Å². The highest BCUT2D eigenvalue weighted by Crippen LogP contribution is 2.18. The summed E-state index contributed by atoms with van der Waals surface area (Å²) < 4.78 is 35.7. The summed E-state index contributed by atoms with van der Waals surface area (Å²) in [7, 11) is -0.998. The molecule has 0 fully saturated rings. The van der Waals surface area contributed by atoms with Crippen molar-refractivity contribution in [2.75, 3.05) is 39.6 Å². The lowest BCUT2D eigenvalue weighted by molar-refractivity contribution is -0.140. The van der Waals surface area contributed by atoms with Crippen molar-refractivity contribution in [2.24, 2.45) is 0 Å². The molecule has 1 rings (SSSR count). The number of nitrogens with zero attached hydrogens (tertiary/aromatic N) is 1. The molecule has 118 valence electrons. The van der Waals surface area contributed by atoms with Crippen molar-refractivity contribution in [2.45, 2.75) is 11.3 Å². The molecule has 0 unspecified atom stereocenters. The maximum Gasteiger partial charge on any atom is 0.306 e. The van der Waals surface area contributed by atoms with Gasteiger partial charge >= 0.3 is 5.97 Å². The van der Waals surface area contributed by atoms with Gasteiger partial charge in [-0.1, -0.05) is 6.07 Å². The Morgan fingerprint density at radius 3 is 2.57 bits per heavy atom. The Balaban J connectivity index is 2.96. The van der Waals surface area contributed by atoms with E-state index in [0.717, 1.165) is 0 Å². The number of nitrogen functional groups attached to an aromatic ring is 1. The summed E-state index contributed by atoms with van der Waals surface area (Å²) in [6, 6.07) is 6.01. The van der Waals surface area contributed by atoms with Crippen LogP contribution in [0.3, 0.4) is 0 Å². The first-order chi connectivity index (χ1) is 9.91. The first-order valence-electron chi connectivity index (χ1n) is 6.33. The molecule has 0 saturated heterocycles. The maximum atomic E-state index is 12.6. The van der Waals surface area contributed by atoms with Crippen LogP contribution >= 0.6 is 0 Å². The van der Waals surface area contributed by atoms with E-state index in [9.17, 15) is 13.2 Å². The largest absolute Gasteiger partial charge is 0.469 e. The average molecular weight is 316 g/mol. The van der Waals surface area contributed by atoms with Gasteiger partial charge in [0.25, 0.3) is 0 Å². The summed E-state index contributed by atoms with van der Waals surface area (Å²) in [6.45, 7) is 0.389. The smallest absolute Gasteiger partial charge is 0.306 e. The van der Waals surface area contributed by atoms with E-state index in [1.54, 1.807) is 12.1 Å². The highest BCUT2D eigenvalue weighted by Gasteiger charge is 2.25. The molecule has 0 aromatic heterocycles. The molecule has 7 nitrogen and oxygen atoms in total. The lowest BCUT2D eigenvalue weighted by Gasteiger charge is -2.21. The number of nitrogens with two attached hydrogens (primary N) is 1. The first kappa shape index (κ1) is 17.4. The van der Waals surface area contributed by atoms with Crippen LogP contribution in [0.15, 0.2) is 29.2 Å². The summed E-state index contributed by atoms with van der Waals surface area (Å²) in [5.41, 5.74) is 5.97. The van der Waals surface area contributed by atoms with E-state index in [2.05, 4.69) is 4.74 Å². The van der Waals surface area contributed by atoms with Crippen molar-refractivity contribution < 1.29 is 22.7 Å². The van der Waals surface area contributed by atoms with Gasteiger partial charge in [-0.15, -0.1) is 0 Å². The van der Waals surface area contributed by atoms with Crippen molar-refractivity contribution in [1.29, 1.82) is 0 Å². The zero-order valence-corrected chi connectivity index (χ0v) is 12.9. The van der Waals surface area contributed by atoms with Crippen LogP contribution in [0.4, 0.5) is 5.69 Å².